The zero-order chi connectivity index (χ0) is 11.8. The number of carbonyl (C=O) groups excluding carboxylic acids is 1. The number of ether oxygens (including phenoxy) is 1. The van der Waals surface area contributed by atoms with Crippen molar-refractivity contribution in [2.24, 2.45) is 0 Å². The monoisotopic (exact) mass is 217 g/mol. The lowest BCUT2D eigenvalue weighted by Crippen LogP contribution is -2.38. The van der Waals surface area contributed by atoms with Gasteiger partial charge < -0.3 is 9.84 Å². The summed E-state index contributed by atoms with van der Waals surface area (Å²) in [4.78, 5) is 13.5. The Balaban J connectivity index is 3.85. The number of aliphatic hydroxyl groups is 1. The SMILES string of the molecule is CC(C)OC(=O)C(C)N(C)CCCCO. The second kappa shape index (κ2) is 7.65. The van der Waals surface area contributed by atoms with Gasteiger partial charge in [0.2, 0.25) is 0 Å². The lowest BCUT2D eigenvalue weighted by Gasteiger charge is -2.23. The lowest BCUT2D eigenvalue weighted by molar-refractivity contribution is -0.152. The van der Waals surface area contributed by atoms with Gasteiger partial charge in [0.15, 0.2) is 0 Å². The molecule has 0 aliphatic carbocycles. The van der Waals surface area contributed by atoms with E-state index in [0.29, 0.717) is 0 Å². The predicted molar refractivity (Wildman–Crippen MR) is 59.6 cm³/mol. The molecule has 90 valence electrons. The first-order valence-electron chi connectivity index (χ1n) is 5.50. The van der Waals surface area contributed by atoms with Crippen LogP contribution in [0.3, 0.4) is 0 Å². The number of nitrogens with zero attached hydrogens (tertiary/aromatic N) is 1. The fourth-order valence-corrected chi connectivity index (χ4v) is 1.18. The minimum Gasteiger partial charge on any atom is -0.462 e. The molecule has 0 aromatic carbocycles. The molecule has 4 heteroatoms. The number of aliphatic hydroxyl groups excluding tert-OH is 1. The zero-order valence-electron chi connectivity index (χ0n) is 10.2. The van der Waals surface area contributed by atoms with Gasteiger partial charge in [0.1, 0.15) is 6.04 Å². The molecule has 1 unspecified atom stereocenters. The van der Waals surface area contributed by atoms with Crippen molar-refractivity contribution in [2.45, 2.75) is 45.8 Å². The quantitative estimate of drug-likeness (QED) is 0.511. The molecule has 4 nitrogen and oxygen atoms in total. The van der Waals surface area contributed by atoms with Gasteiger partial charge in [0.05, 0.1) is 6.10 Å². The van der Waals surface area contributed by atoms with Gasteiger partial charge in [-0.05, 0) is 47.2 Å². The van der Waals surface area contributed by atoms with Crippen LogP contribution in [-0.4, -0.2) is 48.3 Å². The van der Waals surface area contributed by atoms with Gasteiger partial charge in [-0.15, -0.1) is 0 Å². The second-order valence-corrected chi connectivity index (χ2v) is 4.07. The molecule has 0 saturated carbocycles. The van der Waals surface area contributed by atoms with Gasteiger partial charge in [0, 0.05) is 6.61 Å². The molecule has 1 atom stereocenters. The summed E-state index contributed by atoms with van der Waals surface area (Å²) in [6.45, 7) is 6.53. The summed E-state index contributed by atoms with van der Waals surface area (Å²) in [6, 6.07) is -0.217. The molecule has 0 saturated heterocycles. The molecule has 0 aliphatic heterocycles. The van der Waals surface area contributed by atoms with Gasteiger partial charge in [-0.3, -0.25) is 9.69 Å². The zero-order valence-corrected chi connectivity index (χ0v) is 10.2. The van der Waals surface area contributed by atoms with Crippen molar-refractivity contribution in [1.29, 1.82) is 0 Å². The van der Waals surface area contributed by atoms with E-state index in [9.17, 15) is 4.79 Å². The van der Waals surface area contributed by atoms with Gasteiger partial charge >= 0.3 is 5.97 Å². The number of hydrogen-bond donors (Lipinski definition) is 1. The van der Waals surface area contributed by atoms with Crippen molar-refractivity contribution >= 4 is 5.97 Å². The third-order valence-electron chi connectivity index (χ3n) is 2.27. The Morgan fingerprint density at radius 3 is 2.40 bits per heavy atom. The molecule has 0 heterocycles. The minimum atomic E-state index is -0.217. The van der Waals surface area contributed by atoms with E-state index < -0.39 is 0 Å². The molecule has 1 N–H and O–H groups in total. The summed E-state index contributed by atoms with van der Waals surface area (Å²) in [5.41, 5.74) is 0. The topological polar surface area (TPSA) is 49.8 Å². The van der Waals surface area contributed by atoms with E-state index in [4.69, 9.17) is 9.84 Å². The fraction of sp³-hybridized carbons (Fsp3) is 0.909. The van der Waals surface area contributed by atoms with Crippen LogP contribution < -0.4 is 0 Å². The van der Waals surface area contributed by atoms with Crippen LogP contribution in [0.5, 0.6) is 0 Å². The van der Waals surface area contributed by atoms with E-state index in [2.05, 4.69) is 0 Å². The highest BCUT2D eigenvalue weighted by Crippen LogP contribution is 2.03. The first-order chi connectivity index (χ1) is 6.99. The highest BCUT2D eigenvalue weighted by atomic mass is 16.5. The van der Waals surface area contributed by atoms with Crippen molar-refractivity contribution < 1.29 is 14.6 Å². The summed E-state index contributed by atoms with van der Waals surface area (Å²) >= 11 is 0. The van der Waals surface area contributed by atoms with Crippen LogP contribution in [0.2, 0.25) is 0 Å². The molecule has 0 spiro atoms. The van der Waals surface area contributed by atoms with Crippen LogP contribution in [0.15, 0.2) is 0 Å². The van der Waals surface area contributed by atoms with E-state index >= 15 is 0 Å². The Kier molecular flexibility index (Phi) is 7.34. The third kappa shape index (κ3) is 6.47. The van der Waals surface area contributed by atoms with Gasteiger partial charge in [0.25, 0.3) is 0 Å². The number of carbonyl (C=O) groups is 1. The third-order valence-corrected chi connectivity index (χ3v) is 2.27. The average Bonchev–Trinajstić information content (AvgIpc) is 2.15. The summed E-state index contributed by atoms with van der Waals surface area (Å²) < 4.78 is 5.11. The second-order valence-electron chi connectivity index (χ2n) is 4.07. The van der Waals surface area contributed by atoms with Crippen molar-refractivity contribution in [3.05, 3.63) is 0 Å². The highest BCUT2D eigenvalue weighted by molar-refractivity contribution is 5.75. The number of unbranched alkanes of at least 4 members (excludes halogenated alkanes) is 1. The average molecular weight is 217 g/mol. The lowest BCUT2D eigenvalue weighted by atomic mass is 10.2. The molecule has 0 aromatic heterocycles. The smallest absolute Gasteiger partial charge is 0.323 e. The molecule has 0 aromatic rings. The molecule has 15 heavy (non-hydrogen) atoms. The van der Waals surface area contributed by atoms with Gasteiger partial charge in [-0.25, -0.2) is 0 Å². The fourth-order valence-electron chi connectivity index (χ4n) is 1.18. The van der Waals surface area contributed by atoms with Crippen molar-refractivity contribution in [3.63, 3.8) is 0 Å². The van der Waals surface area contributed by atoms with E-state index in [-0.39, 0.29) is 24.7 Å². The van der Waals surface area contributed by atoms with Gasteiger partial charge in [-0.2, -0.15) is 0 Å². The normalized spacial score (nSPS) is 13.3. The van der Waals surface area contributed by atoms with Crippen molar-refractivity contribution in [1.82, 2.24) is 4.90 Å². The molecule has 0 amide bonds. The Hall–Kier alpha value is -0.610. The van der Waals surface area contributed by atoms with Gasteiger partial charge in [-0.1, -0.05) is 0 Å². The molecule has 0 rings (SSSR count). The Morgan fingerprint density at radius 1 is 1.33 bits per heavy atom. The molecular weight excluding hydrogens is 194 g/mol. The first-order valence-corrected chi connectivity index (χ1v) is 5.50. The molecule has 0 aliphatic rings. The van der Waals surface area contributed by atoms with E-state index in [1.165, 1.54) is 0 Å². The van der Waals surface area contributed by atoms with Crippen LogP contribution >= 0.6 is 0 Å². The van der Waals surface area contributed by atoms with E-state index in [1.54, 1.807) is 0 Å². The minimum absolute atomic E-state index is 0.0641. The number of esters is 1. The highest BCUT2D eigenvalue weighted by Gasteiger charge is 2.19. The first kappa shape index (κ1) is 14.4. The maximum atomic E-state index is 11.5. The Bertz CT molecular complexity index is 183. The number of rotatable bonds is 7. The molecule has 0 bridgehead atoms. The van der Waals surface area contributed by atoms with Crippen LogP contribution in [0.1, 0.15) is 33.6 Å². The number of likely N-dealkylation sites (N-methyl/N-ethyl adjacent to an activating group) is 1. The molecule has 0 radical (unpaired) electrons. The van der Waals surface area contributed by atoms with Crippen LogP contribution in [-0.2, 0) is 9.53 Å². The summed E-state index contributed by atoms with van der Waals surface area (Å²) in [5, 5.41) is 8.64. The summed E-state index contributed by atoms with van der Waals surface area (Å²) in [7, 11) is 1.89. The largest absolute Gasteiger partial charge is 0.462 e. The van der Waals surface area contributed by atoms with E-state index in [0.717, 1.165) is 19.4 Å². The van der Waals surface area contributed by atoms with Crippen LogP contribution in [0, 0.1) is 0 Å². The standard InChI is InChI=1S/C11H23NO3/c1-9(2)15-11(14)10(3)12(4)7-5-6-8-13/h9-10,13H,5-8H2,1-4H3. The molecule has 0 fully saturated rings. The van der Waals surface area contributed by atoms with Crippen LogP contribution in [0.25, 0.3) is 0 Å². The van der Waals surface area contributed by atoms with Crippen molar-refractivity contribution in [3.8, 4) is 0 Å². The molecular formula is C11H23NO3. The van der Waals surface area contributed by atoms with Crippen LogP contribution in [0.4, 0.5) is 0 Å². The van der Waals surface area contributed by atoms with Crippen molar-refractivity contribution in [2.75, 3.05) is 20.2 Å². The Labute approximate surface area is 92.2 Å². The maximum Gasteiger partial charge on any atom is 0.323 e. The number of hydrogen-bond acceptors (Lipinski definition) is 4. The predicted octanol–water partition coefficient (Wildman–Crippen LogP) is 1.03. The maximum absolute atomic E-state index is 11.5. The summed E-state index contributed by atoms with van der Waals surface area (Å²) in [6.07, 6.45) is 1.61. The van der Waals surface area contributed by atoms with E-state index in [1.807, 2.05) is 32.7 Å². The summed E-state index contributed by atoms with van der Waals surface area (Å²) in [5.74, 6) is -0.184. The Morgan fingerprint density at radius 2 is 1.93 bits per heavy atom.